The zero-order chi connectivity index (χ0) is 9.47. The molecule has 2 N–H and O–H groups in total. The van der Waals surface area contributed by atoms with Gasteiger partial charge in [0.15, 0.2) is 0 Å². The van der Waals surface area contributed by atoms with Crippen molar-refractivity contribution in [2.24, 2.45) is 17.8 Å². The van der Waals surface area contributed by atoms with Crippen LogP contribution in [0.5, 0.6) is 0 Å². The molecule has 2 aliphatic carbocycles. The third kappa shape index (κ3) is 2.05. The van der Waals surface area contributed by atoms with Gasteiger partial charge in [-0.25, -0.2) is 0 Å². The lowest BCUT2D eigenvalue weighted by Crippen LogP contribution is -2.41. The Morgan fingerprint density at radius 2 is 1.69 bits per heavy atom. The molecule has 0 saturated heterocycles. The van der Waals surface area contributed by atoms with Crippen LogP contribution in [-0.2, 0) is 0 Å². The van der Waals surface area contributed by atoms with E-state index in [9.17, 15) is 5.11 Å². The molecular formula is C11H20O2. The van der Waals surface area contributed by atoms with Crippen LogP contribution in [-0.4, -0.2) is 22.4 Å². The summed E-state index contributed by atoms with van der Waals surface area (Å²) in [5, 5.41) is 19.1. The van der Waals surface area contributed by atoms with Crippen molar-refractivity contribution in [3.8, 4) is 0 Å². The van der Waals surface area contributed by atoms with E-state index in [2.05, 4.69) is 0 Å². The average molecular weight is 184 g/mol. The highest BCUT2D eigenvalue weighted by atomic mass is 16.3. The van der Waals surface area contributed by atoms with Gasteiger partial charge in [0.25, 0.3) is 0 Å². The first-order chi connectivity index (χ1) is 6.09. The zero-order valence-corrected chi connectivity index (χ0v) is 8.37. The monoisotopic (exact) mass is 184 g/mol. The van der Waals surface area contributed by atoms with Gasteiger partial charge in [0, 0.05) is 6.61 Å². The minimum Gasteiger partial charge on any atom is -0.396 e. The lowest BCUT2D eigenvalue weighted by molar-refractivity contribution is -0.0527. The SMILES string of the molecule is CC1(O)CC2CC(CO)CC(C2)C1. The van der Waals surface area contributed by atoms with Gasteiger partial charge in [0.2, 0.25) is 0 Å². The summed E-state index contributed by atoms with van der Waals surface area (Å²) >= 11 is 0. The summed E-state index contributed by atoms with van der Waals surface area (Å²) in [5.74, 6) is 1.85. The second kappa shape index (κ2) is 3.25. The summed E-state index contributed by atoms with van der Waals surface area (Å²) in [4.78, 5) is 0. The number of hydrogen-bond donors (Lipinski definition) is 2. The Kier molecular flexibility index (Phi) is 2.37. The van der Waals surface area contributed by atoms with E-state index >= 15 is 0 Å². The summed E-state index contributed by atoms with van der Waals surface area (Å²) in [6, 6.07) is 0. The summed E-state index contributed by atoms with van der Waals surface area (Å²) in [6.45, 7) is 2.31. The van der Waals surface area contributed by atoms with Crippen molar-refractivity contribution in [3.05, 3.63) is 0 Å². The molecule has 2 bridgehead atoms. The van der Waals surface area contributed by atoms with Crippen LogP contribution < -0.4 is 0 Å². The summed E-state index contributed by atoms with van der Waals surface area (Å²) < 4.78 is 0. The van der Waals surface area contributed by atoms with Gasteiger partial charge < -0.3 is 10.2 Å². The molecule has 76 valence electrons. The van der Waals surface area contributed by atoms with Gasteiger partial charge >= 0.3 is 0 Å². The van der Waals surface area contributed by atoms with Crippen LogP contribution in [0, 0.1) is 17.8 Å². The van der Waals surface area contributed by atoms with Crippen molar-refractivity contribution in [3.63, 3.8) is 0 Å². The van der Waals surface area contributed by atoms with Gasteiger partial charge in [-0.3, -0.25) is 0 Å². The molecule has 2 fully saturated rings. The van der Waals surface area contributed by atoms with Gasteiger partial charge in [0.1, 0.15) is 0 Å². The van der Waals surface area contributed by atoms with Crippen LogP contribution in [0.3, 0.4) is 0 Å². The van der Waals surface area contributed by atoms with E-state index in [0.29, 0.717) is 24.4 Å². The standard InChI is InChI=1S/C11H20O2/c1-11(13)5-8-2-9(6-11)4-10(3-8)7-12/h8-10,12-13H,2-7H2,1H3. The number of fused-ring (bicyclic) bond motifs is 2. The minimum atomic E-state index is -0.423. The highest BCUT2D eigenvalue weighted by molar-refractivity contribution is 4.92. The van der Waals surface area contributed by atoms with Crippen LogP contribution in [0.25, 0.3) is 0 Å². The molecule has 2 nitrogen and oxygen atoms in total. The highest BCUT2D eigenvalue weighted by Gasteiger charge is 2.40. The highest BCUT2D eigenvalue weighted by Crippen LogP contribution is 2.46. The zero-order valence-electron chi connectivity index (χ0n) is 8.37. The van der Waals surface area contributed by atoms with Crippen LogP contribution in [0.4, 0.5) is 0 Å². The Morgan fingerprint density at radius 1 is 1.15 bits per heavy atom. The molecule has 0 aromatic heterocycles. The van der Waals surface area contributed by atoms with Crippen LogP contribution >= 0.6 is 0 Å². The lowest BCUT2D eigenvalue weighted by atomic mass is 9.64. The predicted molar refractivity (Wildman–Crippen MR) is 51.3 cm³/mol. The van der Waals surface area contributed by atoms with E-state index in [1.54, 1.807) is 0 Å². The third-order valence-corrected chi connectivity index (χ3v) is 3.72. The lowest BCUT2D eigenvalue weighted by Gasteiger charge is -2.45. The molecule has 0 radical (unpaired) electrons. The number of aliphatic hydroxyl groups is 2. The van der Waals surface area contributed by atoms with Crippen molar-refractivity contribution < 1.29 is 10.2 Å². The fourth-order valence-electron chi connectivity index (χ4n) is 3.51. The molecule has 2 saturated carbocycles. The molecule has 0 heterocycles. The van der Waals surface area contributed by atoms with Crippen molar-refractivity contribution in [2.45, 2.75) is 44.6 Å². The molecule has 13 heavy (non-hydrogen) atoms. The van der Waals surface area contributed by atoms with Gasteiger partial charge in [-0.1, -0.05) is 0 Å². The summed E-state index contributed by atoms with van der Waals surface area (Å²) in [6.07, 6.45) is 5.43. The van der Waals surface area contributed by atoms with Crippen LogP contribution in [0.2, 0.25) is 0 Å². The number of hydrogen-bond acceptors (Lipinski definition) is 2. The maximum Gasteiger partial charge on any atom is 0.0625 e. The van der Waals surface area contributed by atoms with E-state index in [4.69, 9.17) is 5.11 Å². The van der Waals surface area contributed by atoms with Crippen LogP contribution in [0.15, 0.2) is 0 Å². The van der Waals surface area contributed by atoms with E-state index in [1.807, 2.05) is 6.92 Å². The molecule has 0 aromatic carbocycles. The first kappa shape index (κ1) is 9.47. The fourth-order valence-corrected chi connectivity index (χ4v) is 3.51. The third-order valence-electron chi connectivity index (χ3n) is 3.72. The summed E-state index contributed by atoms with van der Waals surface area (Å²) in [5.41, 5.74) is -0.423. The molecule has 0 aromatic rings. The fraction of sp³-hybridized carbons (Fsp3) is 1.00. The molecule has 2 rings (SSSR count). The first-order valence-electron chi connectivity index (χ1n) is 5.42. The average Bonchev–Trinajstić information content (AvgIpc) is 1.99. The Morgan fingerprint density at radius 3 is 2.15 bits per heavy atom. The van der Waals surface area contributed by atoms with Crippen molar-refractivity contribution in [1.82, 2.24) is 0 Å². The minimum absolute atomic E-state index is 0.342. The van der Waals surface area contributed by atoms with E-state index < -0.39 is 5.60 Å². The largest absolute Gasteiger partial charge is 0.396 e. The first-order valence-corrected chi connectivity index (χ1v) is 5.42. The molecule has 2 atom stereocenters. The molecular weight excluding hydrogens is 164 g/mol. The van der Waals surface area contributed by atoms with E-state index in [-0.39, 0.29) is 0 Å². The normalized spacial score (nSPS) is 50.5. The maximum atomic E-state index is 9.98. The van der Waals surface area contributed by atoms with Gasteiger partial charge in [0.05, 0.1) is 5.60 Å². The molecule has 0 spiro atoms. The van der Waals surface area contributed by atoms with Gasteiger partial charge in [-0.15, -0.1) is 0 Å². The topological polar surface area (TPSA) is 40.5 Å². The quantitative estimate of drug-likeness (QED) is 0.649. The second-order valence-electron chi connectivity index (χ2n) is 5.39. The van der Waals surface area contributed by atoms with Crippen LogP contribution in [0.1, 0.15) is 39.0 Å². The van der Waals surface area contributed by atoms with Gasteiger partial charge in [-0.05, 0) is 56.8 Å². The van der Waals surface area contributed by atoms with Crippen molar-refractivity contribution in [2.75, 3.05) is 6.61 Å². The van der Waals surface area contributed by atoms with E-state index in [1.165, 1.54) is 6.42 Å². The Balaban J connectivity index is 2.01. The molecule has 2 aliphatic rings. The molecule has 0 aliphatic heterocycles. The Hall–Kier alpha value is -0.0800. The molecule has 2 unspecified atom stereocenters. The smallest absolute Gasteiger partial charge is 0.0625 e. The Bertz CT molecular complexity index is 173. The van der Waals surface area contributed by atoms with Gasteiger partial charge in [-0.2, -0.15) is 0 Å². The molecule has 0 amide bonds. The number of rotatable bonds is 1. The predicted octanol–water partition coefficient (Wildman–Crippen LogP) is 1.56. The van der Waals surface area contributed by atoms with E-state index in [0.717, 1.165) is 25.7 Å². The van der Waals surface area contributed by atoms with Crippen molar-refractivity contribution in [1.29, 1.82) is 0 Å². The second-order valence-corrected chi connectivity index (χ2v) is 5.39. The number of aliphatic hydroxyl groups excluding tert-OH is 1. The Labute approximate surface area is 80.0 Å². The van der Waals surface area contributed by atoms with Crippen molar-refractivity contribution >= 4 is 0 Å². The maximum absolute atomic E-state index is 9.98. The summed E-state index contributed by atoms with van der Waals surface area (Å²) in [7, 11) is 0. The molecule has 2 heteroatoms.